The molecular weight excluding hydrogens is 340 g/mol. The van der Waals surface area contributed by atoms with E-state index in [0.29, 0.717) is 25.3 Å². The lowest BCUT2D eigenvalue weighted by Gasteiger charge is -2.37. The fourth-order valence-corrected chi connectivity index (χ4v) is 4.52. The van der Waals surface area contributed by atoms with Crippen molar-refractivity contribution in [2.24, 2.45) is 11.8 Å². The molecule has 138 valence electrons. The molecule has 6 heteroatoms. The van der Waals surface area contributed by atoms with Gasteiger partial charge in [0.25, 0.3) is 0 Å². The molecule has 6 nitrogen and oxygen atoms in total. The standard InChI is InChI=1S/C21H22N4O2/c26-20-21(27)25(18-9-15-8-16(15)10-18)7-6-24(20)13-17-11-23-19(12-22-17)14-4-2-1-3-5-14/h1-5,11-12,15-16,18H,6-10,13H2/t15-,16+,18?. The number of carbonyl (C=O) groups excluding carboxylic acids is 2. The lowest BCUT2D eigenvalue weighted by molar-refractivity contribution is -0.158. The molecule has 0 radical (unpaired) electrons. The first kappa shape index (κ1) is 16.4. The van der Waals surface area contributed by atoms with Crippen molar-refractivity contribution >= 4 is 11.8 Å². The predicted molar refractivity (Wildman–Crippen MR) is 99.2 cm³/mol. The molecule has 2 aliphatic carbocycles. The van der Waals surface area contributed by atoms with Crippen molar-refractivity contribution in [1.29, 1.82) is 0 Å². The summed E-state index contributed by atoms with van der Waals surface area (Å²) in [6, 6.07) is 10.1. The van der Waals surface area contributed by atoms with Gasteiger partial charge >= 0.3 is 11.8 Å². The van der Waals surface area contributed by atoms with E-state index in [4.69, 9.17) is 0 Å². The first-order valence-electron chi connectivity index (χ1n) is 9.65. The summed E-state index contributed by atoms with van der Waals surface area (Å²) in [6.07, 6.45) is 6.89. The van der Waals surface area contributed by atoms with Crippen molar-refractivity contribution in [1.82, 2.24) is 19.8 Å². The smallest absolute Gasteiger partial charge is 0.312 e. The lowest BCUT2D eigenvalue weighted by atomic mass is 10.1. The molecule has 0 bridgehead atoms. The maximum atomic E-state index is 12.6. The Labute approximate surface area is 158 Å². The summed E-state index contributed by atoms with van der Waals surface area (Å²) in [5, 5.41) is 0. The van der Waals surface area contributed by atoms with Gasteiger partial charge in [-0.25, -0.2) is 0 Å². The average Bonchev–Trinajstić information content (AvgIpc) is 3.32. The second kappa shape index (κ2) is 6.44. The van der Waals surface area contributed by atoms with Crippen LogP contribution in [0.25, 0.3) is 11.3 Å². The van der Waals surface area contributed by atoms with E-state index in [1.165, 1.54) is 6.42 Å². The Kier molecular flexibility index (Phi) is 3.92. The second-order valence-corrected chi connectivity index (χ2v) is 7.87. The molecule has 3 fully saturated rings. The van der Waals surface area contributed by atoms with Crippen molar-refractivity contribution in [2.75, 3.05) is 13.1 Å². The zero-order valence-electron chi connectivity index (χ0n) is 15.1. The number of amides is 2. The molecular formula is C21H22N4O2. The molecule has 3 aliphatic rings. The Balaban J connectivity index is 1.23. The van der Waals surface area contributed by atoms with Gasteiger partial charge in [-0.3, -0.25) is 19.6 Å². The zero-order valence-corrected chi connectivity index (χ0v) is 15.1. The van der Waals surface area contributed by atoms with Gasteiger partial charge in [-0.05, 0) is 31.1 Å². The van der Waals surface area contributed by atoms with E-state index in [-0.39, 0.29) is 11.9 Å². The normalized spacial score (nSPS) is 27.0. The molecule has 1 saturated heterocycles. The molecule has 2 saturated carbocycles. The van der Waals surface area contributed by atoms with Gasteiger partial charge in [0.05, 0.1) is 30.3 Å². The molecule has 0 spiro atoms. The van der Waals surface area contributed by atoms with E-state index < -0.39 is 5.91 Å². The third-order valence-electron chi connectivity index (χ3n) is 6.13. The van der Waals surface area contributed by atoms with Gasteiger partial charge in [0.15, 0.2) is 0 Å². The molecule has 3 atom stereocenters. The van der Waals surface area contributed by atoms with Gasteiger partial charge < -0.3 is 9.80 Å². The molecule has 1 aliphatic heterocycles. The Bertz CT molecular complexity index is 858. The first-order valence-corrected chi connectivity index (χ1v) is 9.65. The topological polar surface area (TPSA) is 66.4 Å². The zero-order chi connectivity index (χ0) is 18.4. The maximum absolute atomic E-state index is 12.6. The van der Waals surface area contributed by atoms with E-state index in [9.17, 15) is 9.59 Å². The van der Waals surface area contributed by atoms with Gasteiger partial charge in [-0.15, -0.1) is 0 Å². The van der Waals surface area contributed by atoms with Gasteiger partial charge in [-0.1, -0.05) is 30.3 Å². The number of piperazine rings is 1. The highest BCUT2D eigenvalue weighted by atomic mass is 16.2. The molecule has 1 aromatic carbocycles. The molecule has 5 rings (SSSR count). The third kappa shape index (κ3) is 3.09. The summed E-state index contributed by atoms with van der Waals surface area (Å²) in [4.78, 5) is 37.4. The highest BCUT2D eigenvalue weighted by Crippen LogP contribution is 2.53. The first-order chi connectivity index (χ1) is 13.2. The number of carbonyl (C=O) groups is 2. The summed E-state index contributed by atoms with van der Waals surface area (Å²) in [5.74, 6) is 0.848. The number of aromatic nitrogens is 2. The van der Waals surface area contributed by atoms with Crippen molar-refractivity contribution < 1.29 is 9.59 Å². The van der Waals surface area contributed by atoms with Crippen LogP contribution in [0.15, 0.2) is 42.7 Å². The van der Waals surface area contributed by atoms with Crippen molar-refractivity contribution in [3.63, 3.8) is 0 Å². The molecule has 2 aromatic rings. The molecule has 2 amide bonds. The fourth-order valence-electron chi connectivity index (χ4n) is 4.52. The third-order valence-corrected chi connectivity index (χ3v) is 6.13. The average molecular weight is 362 g/mol. The largest absolute Gasteiger partial charge is 0.330 e. The maximum Gasteiger partial charge on any atom is 0.312 e. The molecule has 2 heterocycles. The van der Waals surface area contributed by atoms with E-state index in [2.05, 4.69) is 9.97 Å². The van der Waals surface area contributed by atoms with E-state index in [1.54, 1.807) is 17.3 Å². The van der Waals surface area contributed by atoms with Crippen molar-refractivity contribution in [3.05, 3.63) is 48.4 Å². The van der Waals surface area contributed by atoms with Crippen LogP contribution in [-0.2, 0) is 16.1 Å². The van der Waals surface area contributed by atoms with Crippen LogP contribution in [0.4, 0.5) is 0 Å². The van der Waals surface area contributed by atoms with Gasteiger partial charge in [-0.2, -0.15) is 0 Å². The van der Waals surface area contributed by atoms with E-state index >= 15 is 0 Å². The highest BCUT2D eigenvalue weighted by molar-refractivity contribution is 6.35. The van der Waals surface area contributed by atoms with Crippen molar-refractivity contribution in [2.45, 2.75) is 31.8 Å². The van der Waals surface area contributed by atoms with Crippen LogP contribution in [0.5, 0.6) is 0 Å². The summed E-state index contributed by atoms with van der Waals surface area (Å²) in [6.45, 7) is 1.53. The number of nitrogens with zero attached hydrogens (tertiary/aromatic N) is 4. The SMILES string of the molecule is O=C1C(=O)N(C2C[C@@H]3C[C@@H]3C2)CCN1Cc1cnc(-c2ccccc2)cn1. The van der Waals surface area contributed by atoms with Crippen LogP contribution < -0.4 is 0 Å². The van der Waals surface area contributed by atoms with E-state index in [1.807, 2.05) is 35.2 Å². The summed E-state index contributed by atoms with van der Waals surface area (Å²) in [5.41, 5.74) is 2.50. The quantitative estimate of drug-likeness (QED) is 0.782. The Morgan fingerprint density at radius 3 is 2.37 bits per heavy atom. The summed E-state index contributed by atoms with van der Waals surface area (Å²) < 4.78 is 0. The minimum atomic E-state index is -0.407. The molecule has 0 N–H and O–H groups in total. The number of benzene rings is 1. The molecule has 1 aromatic heterocycles. The highest BCUT2D eigenvalue weighted by Gasteiger charge is 2.49. The number of rotatable bonds is 4. The lowest BCUT2D eigenvalue weighted by Crippen LogP contribution is -2.56. The Hall–Kier alpha value is -2.76. The summed E-state index contributed by atoms with van der Waals surface area (Å²) >= 11 is 0. The number of fused-ring (bicyclic) bond motifs is 1. The fraction of sp³-hybridized carbons (Fsp3) is 0.429. The predicted octanol–water partition coefficient (Wildman–Crippen LogP) is 2.11. The van der Waals surface area contributed by atoms with Gasteiger partial charge in [0, 0.05) is 24.7 Å². The van der Waals surface area contributed by atoms with E-state index in [0.717, 1.165) is 35.9 Å². The number of hydrogen-bond acceptors (Lipinski definition) is 4. The molecule has 27 heavy (non-hydrogen) atoms. The van der Waals surface area contributed by atoms with Crippen LogP contribution >= 0.6 is 0 Å². The van der Waals surface area contributed by atoms with Gasteiger partial charge in [0.1, 0.15) is 0 Å². The monoisotopic (exact) mass is 362 g/mol. The second-order valence-electron chi connectivity index (χ2n) is 7.87. The van der Waals surface area contributed by atoms with Crippen molar-refractivity contribution in [3.8, 4) is 11.3 Å². The minimum absolute atomic E-state index is 0.275. The van der Waals surface area contributed by atoms with Crippen LogP contribution in [0.3, 0.4) is 0 Å². The van der Waals surface area contributed by atoms with Gasteiger partial charge in [0.2, 0.25) is 0 Å². The minimum Gasteiger partial charge on any atom is -0.330 e. The Morgan fingerprint density at radius 1 is 0.889 bits per heavy atom. The van der Waals surface area contributed by atoms with Crippen LogP contribution in [0.2, 0.25) is 0 Å². The Morgan fingerprint density at radius 2 is 1.67 bits per heavy atom. The van der Waals surface area contributed by atoms with Crippen LogP contribution in [0.1, 0.15) is 25.0 Å². The molecule has 1 unspecified atom stereocenters. The van der Waals surface area contributed by atoms with Crippen LogP contribution in [0, 0.1) is 11.8 Å². The summed E-state index contributed by atoms with van der Waals surface area (Å²) in [7, 11) is 0. The van der Waals surface area contributed by atoms with Crippen LogP contribution in [-0.4, -0.2) is 50.7 Å². The number of hydrogen-bond donors (Lipinski definition) is 0.